The Morgan fingerprint density at radius 3 is 2.26 bits per heavy atom. The molecule has 4 rings (SSSR count). The van der Waals surface area contributed by atoms with Crippen molar-refractivity contribution in [1.82, 2.24) is 0 Å². The molecule has 0 heterocycles. The van der Waals surface area contributed by atoms with E-state index in [1.165, 1.54) is 38.5 Å². The van der Waals surface area contributed by atoms with Crippen LogP contribution in [0.25, 0.3) is 0 Å². The zero-order chi connectivity index (χ0) is 22.8. The summed E-state index contributed by atoms with van der Waals surface area (Å²) < 4.78 is 13.5. The maximum atomic E-state index is 12.6. The Kier molecular flexibility index (Phi) is 6.28. The zero-order valence-corrected chi connectivity index (χ0v) is 23.6. The summed E-state index contributed by atoms with van der Waals surface area (Å²) in [6.07, 6.45) is 9.82. The van der Waals surface area contributed by atoms with Crippen LogP contribution >= 0.6 is 0 Å². The molecular formula is C26H48O3Si2. The minimum atomic E-state index is -1.61. The van der Waals surface area contributed by atoms with Gasteiger partial charge in [-0.15, -0.1) is 0 Å². The molecule has 4 aliphatic carbocycles. The molecule has 4 fully saturated rings. The third kappa shape index (κ3) is 4.30. The molecule has 0 bridgehead atoms. The lowest BCUT2D eigenvalue weighted by molar-refractivity contribution is -0.170. The van der Waals surface area contributed by atoms with Gasteiger partial charge in [0.2, 0.25) is 0 Å². The third-order valence-corrected chi connectivity index (χ3v) is 11.8. The molecule has 0 radical (unpaired) electrons. The van der Waals surface area contributed by atoms with E-state index < -0.39 is 16.6 Å². The van der Waals surface area contributed by atoms with Gasteiger partial charge in [-0.2, -0.15) is 0 Å². The Morgan fingerprint density at radius 2 is 1.61 bits per heavy atom. The fourth-order valence-corrected chi connectivity index (χ4v) is 10.5. The van der Waals surface area contributed by atoms with Gasteiger partial charge in [0.25, 0.3) is 0 Å². The first-order valence-electron chi connectivity index (χ1n) is 13.1. The molecule has 0 aromatic rings. The van der Waals surface area contributed by atoms with Gasteiger partial charge in [0, 0.05) is 24.9 Å². The van der Waals surface area contributed by atoms with Crippen LogP contribution in [0.15, 0.2) is 0 Å². The average molecular weight is 465 g/mol. The third-order valence-electron chi connectivity index (χ3n) is 9.83. The molecular weight excluding hydrogens is 416 g/mol. The Hall–Kier alpha value is 0.0238. The van der Waals surface area contributed by atoms with Crippen LogP contribution in [0.2, 0.25) is 39.3 Å². The van der Waals surface area contributed by atoms with Crippen molar-refractivity contribution in [2.45, 2.75) is 111 Å². The minimum absolute atomic E-state index is 0.218. The molecule has 0 amide bonds. The van der Waals surface area contributed by atoms with Gasteiger partial charge in [0.05, 0.1) is 6.10 Å². The van der Waals surface area contributed by atoms with Crippen molar-refractivity contribution in [1.29, 1.82) is 0 Å². The van der Waals surface area contributed by atoms with Crippen molar-refractivity contribution in [2.75, 3.05) is 6.61 Å². The van der Waals surface area contributed by atoms with Crippen molar-refractivity contribution < 1.29 is 13.6 Å². The smallest absolute Gasteiger partial charge is 0.184 e. The predicted molar refractivity (Wildman–Crippen MR) is 133 cm³/mol. The molecule has 0 spiro atoms. The number of Topliss-reactive ketones (excluding diaryl/α,β-unsaturated/α-hetero) is 1. The fourth-order valence-electron chi connectivity index (χ4n) is 8.55. The van der Waals surface area contributed by atoms with E-state index in [1.54, 1.807) is 0 Å². The van der Waals surface area contributed by atoms with Crippen LogP contribution < -0.4 is 0 Å². The Bertz CT molecular complexity index is 696. The van der Waals surface area contributed by atoms with Crippen molar-refractivity contribution >= 4 is 22.4 Å². The second-order valence-electron chi connectivity index (χ2n) is 13.9. The SMILES string of the molecule is CC1CC(=O)CC2CC[C@@H]3[C@@H](CC[C@]4(C)C(O[Si](C)(C)C)CC[C@@H]34)[C@@]12CO[Si](C)(C)C. The van der Waals surface area contributed by atoms with E-state index in [4.69, 9.17) is 8.85 Å². The van der Waals surface area contributed by atoms with Crippen molar-refractivity contribution in [3.05, 3.63) is 0 Å². The minimum Gasteiger partial charge on any atom is -0.417 e. The highest BCUT2D eigenvalue weighted by Crippen LogP contribution is 2.67. The van der Waals surface area contributed by atoms with E-state index in [9.17, 15) is 4.79 Å². The monoisotopic (exact) mass is 464 g/mol. The van der Waals surface area contributed by atoms with Crippen LogP contribution in [-0.4, -0.2) is 35.1 Å². The first-order chi connectivity index (χ1) is 14.3. The molecule has 31 heavy (non-hydrogen) atoms. The molecule has 0 aromatic heterocycles. The van der Waals surface area contributed by atoms with Gasteiger partial charge in [-0.25, -0.2) is 0 Å². The van der Waals surface area contributed by atoms with Gasteiger partial charge in [0.1, 0.15) is 5.78 Å². The van der Waals surface area contributed by atoms with E-state index in [-0.39, 0.29) is 5.41 Å². The van der Waals surface area contributed by atoms with E-state index in [0.29, 0.717) is 29.1 Å². The van der Waals surface area contributed by atoms with Gasteiger partial charge in [-0.05, 0) is 113 Å². The number of hydrogen-bond acceptors (Lipinski definition) is 3. The highest BCUT2D eigenvalue weighted by molar-refractivity contribution is 6.70. The fraction of sp³-hybridized carbons (Fsp3) is 0.962. The maximum absolute atomic E-state index is 12.6. The van der Waals surface area contributed by atoms with Crippen LogP contribution in [-0.2, 0) is 13.6 Å². The van der Waals surface area contributed by atoms with Crippen LogP contribution in [0.1, 0.15) is 65.2 Å². The highest BCUT2D eigenvalue weighted by Gasteiger charge is 2.63. The summed E-state index contributed by atoms with van der Waals surface area (Å²) in [5.41, 5.74) is 0.568. The molecule has 3 unspecified atom stereocenters. The summed E-state index contributed by atoms with van der Waals surface area (Å²) in [6, 6.07) is 0. The molecule has 4 saturated carbocycles. The van der Waals surface area contributed by atoms with Crippen LogP contribution in [0, 0.1) is 40.4 Å². The van der Waals surface area contributed by atoms with Crippen LogP contribution in [0.3, 0.4) is 0 Å². The van der Waals surface area contributed by atoms with E-state index in [2.05, 4.69) is 53.1 Å². The summed E-state index contributed by atoms with van der Waals surface area (Å²) in [4.78, 5) is 12.6. The summed E-state index contributed by atoms with van der Waals surface area (Å²) >= 11 is 0. The molecule has 0 aliphatic heterocycles. The summed E-state index contributed by atoms with van der Waals surface area (Å²) in [6.45, 7) is 19.9. The number of carbonyl (C=O) groups is 1. The van der Waals surface area contributed by atoms with Crippen LogP contribution in [0.4, 0.5) is 0 Å². The first-order valence-corrected chi connectivity index (χ1v) is 19.9. The largest absolute Gasteiger partial charge is 0.417 e. The quantitative estimate of drug-likeness (QED) is 0.415. The lowest BCUT2D eigenvalue weighted by atomic mass is 9.42. The van der Waals surface area contributed by atoms with Gasteiger partial charge in [-0.1, -0.05) is 13.8 Å². The van der Waals surface area contributed by atoms with Crippen molar-refractivity contribution in [2.24, 2.45) is 40.4 Å². The number of fused-ring (bicyclic) bond motifs is 5. The predicted octanol–water partition coefficient (Wildman–Crippen LogP) is 6.90. The molecule has 3 nitrogen and oxygen atoms in total. The second kappa shape index (κ2) is 8.06. The number of hydrogen-bond donors (Lipinski definition) is 0. The topological polar surface area (TPSA) is 35.5 Å². The number of carbonyl (C=O) groups excluding carboxylic acids is 1. The standard InChI is InChI=1S/C26H48O3Si2/c1-18-15-20(27)16-19-9-10-21-22-11-12-24(29-31(6,7)8)25(22,2)14-13-23(21)26(18,19)17-28-30(3,4)5/h18-19,21-24H,9-17H2,1-8H3/t18?,19?,21-,22-,23+,24?,25-,26-/m0/s1. The van der Waals surface area contributed by atoms with Gasteiger partial charge in [0.15, 0.2) is 16.6 Å². The van der Waals surface area contributed by atoms with Crippen LogP contribution in [0.5, 0.6) is 0 Å². The summed E-state index contributed by atoms with van der Waals surface area (Å²) in [5.74, 6) is 3.83. The molecule has 5 heteroatoms. The molecule has 0 N–H and O–H groups in total. The number of ketones is 1. The maximum Gasteiger partial charge on any atom is 0.184 e. The van der Waals surface area contributed by atoms with Gasteiger partial charge >= 0.3 is 0 Å². The lowest BCUT2D eigenvalue weighted by Crippen LogP contribution is -2.60. The Labute approximate surface area is 193 Å². The molecule has 4 aliphatic rings. The molecule has 0 aromatic carbocycles. The van der Waals surface area contributed by atoms with E-state index >= 15 is 0 Å². The molecule has 178 valence electrons. The number of rotatable bonds is 5. The highest BCUT2D eigenvalue weighted by atomic mass is 28.4. The first kappa shape index (κ1) is 24.2. The molecule has 0 saturated heterocycles. The second-order valence-corrected chi connectivity index (χ2v) is 22.8. The van der Waals surface area contributed by atoms with E-state index in [0.717, 1.165) is 37.2 Å². The average Bonchev–Trinajstić information content (AvgIpc) is 2.94. The Balaban J connectivity index is 1.64. The normalized spacial score (nSPS) is 45.7. The van der Waals surface area contributed by atoms with E-state index in [1.807, 2.05) is 0 Å². The summed E-state index contributed by atoms with van der Waals surface area (Å²) in [7, 11) is -3.14. The van der Waals surface area contributed by atoms with Gasteiger partial charge in [-0.3, -0.25) is 4.79 Å². The molecule has 8 atom stereocenters. The summed E-state index contributed by atoms with van der Waals surface area (Å²) in [5, 5.41) is 0. The van der Waals surface area contributed by atoms with Crippen molar-refractivity contribution in [3.63, 3.8) is 0 Å². The lowest BCUT2D eigenvalue weighted by Gasteiger charge is -2.63. The zero-order valence-electron chi connectivity index (χ0n) is 21.6. The van der Waals surface area contributed by atoms with Gasteiger partial charge < -0.3 is 8.85 Å². The Morgan fingerprint density at radius 1 is 0.903 bits per heavy atom. The van der Waals surface area contributed by atoms with Crippen molar-refractivity contribution in [3.8, 4) is 0 Å².